The number of aryl methyl sites for hydroxylation is 1. The number of nitrogens with one attached hydrogen (secondary N) is 1. The first-order chi connectivity index (χ1) is 12.4. The normalized spacial score (nSPS) is 15.8. The van der Waals surface area contributed by atoms with Gasteiger partial charge in [0.2, 0.25) is 10.0 Å². The van der Waals surface area contributed by atoms with E-state index >= 15 is 0 Å². The fraction of sp³-hybridized carbons (Fsp3) is 0.333. The van der Waals surface area contributed by atoms with E-state index in [2.05, 4.69) is 5.32 Å². The fourth-order valence-electron chi connectivity index (χ4n) is 2.81. The summed E-state index contributed by atoms with van der Waals surface area (Å²) < 4.78 is 32.6. The van der Waals surface area contributed by atoms with Gasteiger partial charge in [0, 0.05) is 40.9 Å². The first kappa shape index (κ1) is 19.5. The smallest absolute Gasteiger partial charge is 0.243 e. The molecule has 0 saturated carbocycles. The highest BCUT2D eigenvalue weighted by atomic mass is 35.5. The SMILES string of the molecule is Cc1ccc(NCc2c(Cl)cccc2Cl)cc1S(=O)(=O)N1CCOCC1. The van der Waals surface area contributed by atoms with Gasteiger partial charge in [0.25, 0.3) is 0 Å². The van der Waals surface area contributed by atoms with E-state index < -0.39 is 10.0 Å². The van der Waals surface area contributed by atoms with Crippen LogP contribution in [0.4, 0.5) is 5.69 Å². The van der Waals surface area contributed by atoms with Gasteiger partial charge in [-0.25, -0.2) is 8.42 Å². The van der Waals surface area contributed by atoms with E-state index in [1.807, 2.05) is 6.07 Å². The van der Waals surface area contributed by atoms with E-state index in [1.165, 1.54) is 4.31 Å². The van der Waals surface area contributed by atoms with Gasteiger partial charge >= 0.3 is 0 Å². The topological polar surface area (TPSA) is 58.6 Å². The Morgan fingerprint density at radius 3 is 2.42 bits per heavy atom. The molecule has 1 aliphatic rings. The molecule has 0 spiro atoms. The van der Waals surface area contributed by atoms with Crippen LogP contribution in [0.5, 0.6) is 0 Å². The third-order valence-electron chi connectivity index (χ3n) is 4.31. The number of hydrogen-bond acceptors (Lipinski definition) is 4. The van der Waals surface area contributed by atoms with Crippen molar-refractivity contribution in [3.05, 3.63) is 57.6 Å². The summed E-state index contributed by atoms with van der Waals surface area (Å²) in [7, 11) is -3.55. The molecule has 0 atom stereocenters. The van der Waals surface area contributed by atoms with Crippen molar-refractivity contribution in [2.24, 2.45) is 0 Å². The van der Waals surface area contributed by atoms with Crippen LogP contribution in [0.2, 0.25) is 10.0 Å². The van der Waals surface area contributed by atoms with Crippen molar-refractivity contribution in [1.29, 1.82) is 0 Å². The maximum atomic E-state index is 12.9. The number of hydrogen-bond donors (Lipinski definition) is 1. The van der Waals surface area contributed by atoms with Crippen LogP contribution in [-0.4, -0.2) is 39.0 Å². The first-order valence-electron chi connectivity index (χ1n) is 8.25. The lowest BCUT2D eigenvalue weighted by atomic mass is 10.2. The maximum Gasteiger partial charge on any atom is 0.243 e. The van der Waals surface area contributed by atoms with Crippen LogP contribution in [0.3, 0.4) is 0 Å². The molecule has 1 N–H and O–H groups in total. The number of benzene rings is 2. The Hall–Kier alpha value is -1.31. The average molecular weight is 415 g/mol. The van der Waals surface area contributed by atoms with E-state index in [1.54, 1.807) is 37.3 Å². The van der Waals surface area contributed by atoms with Gasteiger partial charge in [0.1, 0.15) is 0 Å². The predicted octanol–water partition coefficient (Wildman–Crippen LogP) is 3.93. The van der Waals surface area contributed by atoms with Gasteiger partial charge in [0.05, 0.1) is 18.1 Å². The van der Waals surface area contributed by atoms with Crippen LogP contribution in [0.1, 0.15) is 11.1 Å². The quantitative estimate of drug-likeness (QED) is 0.804. The lowest BCUT2D eigenvalue weighted by molar-refractivity contribution is 0.0730. The summed E-state index contributed by atoms with van der Waals surface area (Å²) >= 11 is 12.4. The molecular weight excluding hydrogens is 395 g/mol. The van der Waals surface area contributed by atoms with E-state index in [9.17, 15) is 8.42 Å². The van der Waals surface area contributed by atoms with E-state index in [-0.39, 0.29) is 0 Å². The van der Waals surface area contributed by atoms with Crippen molar-refractivity contribution >= 4 is 38.9 Å². The Bertz CT molecular complexity index is 877. The summed E-state index contributed by atoms with van der Waals surface area (Å²) in [6.45, 7) is 3.77. The van der Waals surface area contributed by atoms with Crippen LogP contribution < -0.4 is 5.32 Å². The molecule has 1 fully saturated rings. The average Bonchev–Trinajstić information content (AvgIpc) is 2.63. The van der Waals surface area contributed by atoms with Gasteiger partial charge in [-0.2, -0.15) is 4.31 Å². The van der Waals surface area contributed by atoms with Crippen molar-refractivity contribution in [2.75, 3.05) is 31.6 Å². The number of sulfonamides is 1. The molecule has 140 valence electrons. The molecule has 0 aromatic heterocycles. The minimum absolute atomic E-state index is 0.301. The van der Waals surface area contributed by atoms with Crippen molar-refractivity contribution in [3.8, 4) is 0 Å². The van der Waals surface area contributed by atoms with Crippen LogP contribution >= 0.6 is 23.2 Å². The van der Waals surface area contributed by atoms with Crippen molar-refractivity contribution in [1.82, 2.24) is 4.31 Å². The van der Waals surface area contributed by atoms with Crippen LogP contribution in [0.25, 0.3) is 0 Å². The summed E-state index contributed by atoms with van der Waals surface area (Å²) in [6, 6.07) is 10.6. The van der Waals surface area contributed by atoms with Gasteiger partial charge in [-0.1, -0.05) is 35.3 Å². The van der Waals surface area contributed by atoms with Gasteiger partial charge in [-0.15, -0.1) is 0 Å². The predicted molar refractivity (Wildman–Crippen MR) is 105 cm³/mol. The van der Waals surface area contributed by atoms with Crippen molar-refractivity contribution in [2.45, 2.75) is 18.4 Å². The molecule has 2 aromatic carbocycles. The number of halogens is 2. The van der Waals surface area contributed by atoms with E-state index in [0.717, 1.165) is 5.56 Å². The summed E-state index contributed by atoms with van der Waals surface area (Å²) in [4.78, 5) is 0.301. The highest BCUT2D eigenvalue weighted by molar-refractivity contribution is 7.89. The second-order valence-corrected chi connectivity index (χ2v) is 8.77. The second-order valence-electron chi connectivity index (χ2n) is 6.05. The third-order valence-corrected chi connectivity index (χ3v) is 7.06. The number of morpholine rings is 1. The number of ether oxygens (including phenoxy) is 1. The molecule has 0 radical (unpaired) electrons. The van der Waals surface area contributed by atoms with Crippen LogP contribution in [0, 0.1) is 6.92 Å². The molecule has 1 aliphatic heterocycles. The van der Waals surface area contributed by atoms with E-state index in [4.69, 9.17) is 27.9 Å². The molecular formula is C18H20Cl2N2O3S. The third kappa shape index (κ3) is 4.15. The molecule has 0 bridgehead atoms. The zero-order chi connectivity index (χ0) is 18.7. The minimum Gasteiger partial charge on any atom is -0.381 e. The summed E-state index contributed by atoms with van der Waals surface area (Å²) in [6.07, 6.45) is 0. The Morgan fingerprint density at radius 2 is 1.77 bits per heavy atom. The lowest BCUT2D eigenvalue weighted by Gasteiger charge is -2.27. The maximum absolute atomic E-state index is 12.9. The van der Waals surface area contributed by atoms with Crippen LogP contribution in [-0.2, 0) is 21.3 Å². The molecule has 26 heavy (non-hydrogen) atoms. The Balaban J connectivity index is 1.83. The molecule has 1 heterocycles. The minimum atomic E-state index is -3.55. The highest BCUT2D eigenvalue weighted by Crippen LogP contribution is 2.27. The second kappa shape index (κ2) is 8.15. The zero-order valence-electron chi connectivity index (χ0n) is 14.3. The molecule has 2 aromatic rings. The fourth-order valence-corrected chi connectivity index (χ4v) is 5.00. The lowest BCUT2D eigenvalue weighted by Crippen LogP contribution is -2.40. The summed E-state index contributed by atoms with van der Waals surface area (Å²) in [5.74, 6) is 0. The summed E-state index contributed by atoms with van der Waals surface area (Å²) in [5, 5.41) is 4.34. The van der Waals surface area contributed by atoms with Crippen LogP contribution in [0.15, 0.2) is 41.3 Å². The van der Waals surface area contributed by atoms with Gasteiger partial charge in [-0.05, 0) is 36.8 Å². The molecule has 3 rings (SSSR count). The number of rotatable bonds is 5. The molecule has 8 heteroatoms. The Morgan fingerprint density at radius 1 is 1.12 bits per heavy atom. The molecule has 0 unspecified atom stereocenters. The number of nitrogens with zero attached hydrogens (tertiary/aromatic N) is 1. The highest BCUT2D eigenvalue weighted by Gasteiger charge is 2.27. The van der Waals surface area contributed by atoms with Crippen molar-refractivity contribution in [3.63, 3.8) is 0 Å². The van der Waals surface area contributed by atoms with Gasteiger partial charge in [0.15, 0.2) is 0 Å². The molecule has 1 saturated heterocycles. The van der Waals surface area contributed by atoms with Gasteiger partial charge < -0.3 is 10.1 Å². The Labute approximate surface area is 163 Å². The largest absolute Gasteiger partial charge is 0.381 e. The Kier molecular flexibility index (Phi) is 6.10. The summed E-state index contributed by atoms with van der Waals surface area (Å²) in [5.41, 5.74) is 2.17. The molecule has 0 aliphatic carbocycles. The van der Waals surface area contributed by atoms with Crippen molar-refractivity contribution < 1.29 is 13.2 Å². The molecule has 0 amide bonds. The standard InChI is InChI=1S/C18H20Cl2N2O3S/c1-13-5-6-14(21-12-15-16(19)3-2-4-17(15)20)11-18(13)26(23,24)22-7-9-25-10-8-22/h2-6,11,21H,7-10,12H2,1H3. The number of anilines is 1. The zero-order valence-corrected chi connectivity index (χ0v) is 16.7. The van der Waals surface area contributed by atoms with Gasteiger partial charge in [-0.3, -0.25) is 0 Å². The van der Waals surface area contributed by atoms with E-state index in [0.29, 0.717) is 59.0 Å². The first-order valence-corrected chi connectivity index (χ1v) is 10.4. The monoisotopic (exact) mass is 414 g/mol. The molecule has 5 nitrogen and oxygen atoms in total.